The van der Waals surface area contributed by atoms with Crippen molar-refractivity contribution in [2.24, 2.45) is 0 Å². The predicted octanol–water partition coefficient (Wildman–Crippen LogP) is 1.00. The molecule has 0 saturated heterocycles. The van der Waals surface area contributed by atoms with Crippen LogP contribution in [0, 0.1) is 0 Å². The zero-order chi connectivity index (χ0) is 5.70. The standard InChI is InChI=1S/C3H5BF2O/c5-4(6)2-1-3-7/h3H,1-2H2. The molecule has 0 aromatic rings. The summed E-state index contributed by atoms with van der Waals surface area (Å²) in [4.78, 5) is 9.38. The van der Waals surface area contributed by atoms with Gasteiger partial charge in [-0.15, -0.1) is 0 Å². The minimum absolute atomic E-state index is 0.0301. The van der Waals surface area contributed by atoms with E-state index in [2.05, 4.69) is 0 Å². The molecule has 7 heavy (non-hydrogen) atoms. The van der Waals surface area contributed by atoms with Gasteiger partial charge in [0, 0.05) is 6.42 Å². The fraction of sp³-hybridized carbons (Fsp3) is 0.667. The Labute approximate surface area is 40.9 Å². The van der Waals surface area contributed by atoms with E-state index in [0.717, 1.165) is 0 Å². The lowest BCUT2D eigenvalue weighted by atomic mass is 9.91. The predicted molar refractivity (Wildman–Crippen MR) is 23.5 cm³/mol. The molecule has 0 rings (SSSR count). The third-order valence-corrected chi connectivity index (χ3v) is 0.503. The zero-order valence-electron chi connectivity index (χ0n) is 3.73. The summed E-state index contributed by atoms with van der Waals surface area (Å²) in [6.45, 7) is 0. The van der Waals surface area contributed by atoms with Crippen molar-refractivity contribution in [2.75, 3.05) is 0 Å². The molecule has 0 amide bonds. The number of halogens is 2. The first-order chi connectivity index (χ1) is 3.27. The Kier molecular flexibility index (Phi) is 3.56. The molecule has 0 radical (unpaired) electrons. The van der Waals surface area contributed by atoms with Crippen molar-refractivity contribution >= 4 is 13.6 Å². The molecule has 0 aliphatic carbocycles. The number of carbonyl (C=O) groups excluding carboxylic acids is 1. The van der Waals surface area contributed by atoms with E-state index >= 15 is 0 Å². The fourth-order valence-corrected chi connectivity index (χ4v) is 0.194. The Morgan fingerprint density at radius 2 is 2.14 bits per heavy atom. The van der Waals surface area contributed by atoms with Gasteiger partial charge in [-0.1, -0.05) is 0 Å². The highest BCUT2D eigenvalue weighted by Gasteiger charge is 2.09. The lowest BCUT2D eigenvalue weighted by Gasteiger charge is -1.81. The summed E-state index contributed by atoms with van der Waals surface area (Å²) in [5.41, 5.74) is 0. The van der Waals surface area contributed by atoms with E-state index < -0.39 is 7.27 Å². The van der Waals surface area contributed by atoms with E-state index in [1.54, 1.807) is 0 Å². The van der Waals surface area contributed by atoms with Crippen LogP contribution in [-0.4, -0.2) is 13.6 Å². The maximum atomic E-state index is 11.1. The van der Waals surface area contributed by atoms with Gasteiger partial charge in [-0.25, -0.2) is 0 Å². The molecule has 40 valence electrons. The maximum Gasteiger partial charge on any atom is 0.538 e. The van der Waals surface area contributed by atoms with Gasteiger partial charge in [0.2, 0.25) is 0 Å². The minimum Gasteiger partial charge on any atom is -0.303 e. The average molecular weight is 106 g/mol. The number of rotatable bonds is 3. The summed E-state index contributed by atoms with van der Waals surface area (Å²) in [5, 5.41) is 0. The third-order valence-electron chi connectivity index (χ3n) is 0.503. The van der Waals surface area contributed by atoms with Crippen LogP contribution >= 0.6 is 0 Å². The van der Waals surface area contributed by atoms with Gasteiger partial charge in [-0.2, -0.15) is 0 Å². The Bertz CT molecular complexity index is 56.9. The van der Waals surface area contributed by atoms with Gasteiger partial charge in [-0.3, -0.25) is 8.63 Å². The molecule has 4 heteroatoms. The van der Waals surface area contributed by atoms with Crippen molar-refractivity contribution in [1.82, 2.24) is 0 Å². The molecule has 0 aromatic carbocycles. The van der Waals surface area contributed by atoms with Crippen LogP contribution in [0.3, 0.4) is 0 Å². The first-order valence-corrected chi connectivity index (χ1v) is 1.99. The van der Waals surface area contributed by atoms with Gasteiger partial charge in [0.1, 0.15) is 6.29 Å². The van der Waals surface area contributed by atoms with Gasteiger partial charge < -0.3 is 4.79 Å². The van der Waals surface area contributed by atoms with Crippen molar-refractivity contribution < 1.29 is 13.4 Å². The highest BCUT2D eigenvalue weighted by Crippen LogP contribution is 1.96. The lowest BCUT2D eigenvalue weighted by molar-refractivity contribution is -0.107. The second-order valence-corrected chi connectivity index (χ2v) is 1.14. The number of carbonyl (C=O) groups is 1. The molecule has 0 N–H and O–H groups in total. The molecule has 0 aliphatic heterocycles. The summed E-state index contributed by atoms with van der Waals surface area (Å²) in [5.74, 6) is 0. The smallest absolute Gasteiger partial charge is 0.303 e. The SMILES string of the molecule is O=CCCB(F)F. The number of hydrogen-bond donors (Lipinski definition) is 0. The van der Waals surface area contributed by atoms with Gasteiger partial charge >= 0.3 is 7.27 Å². The number of aldehydes is 1. The molecule has 0 fully saturated rings. The van der Waals surface area contributed by atoms with E-state index in [9.17, 15) is 13.4 Å². The molecule has 0 heterocycles. The lowest BCUT2D eigenvalue weighted by Crippen LogP contribution is -1.94. The molecule has 0 aliphatic rings. The topological polar surface area (TPSA) is 17.1 Å². The molecular weight excluding hydrogens is 101 g/mol. The first kappa shape index (κ1) is 6.59. The van der Waals surface area contributed by atoms with Crippen LogP contribution in [0.5, 0.6) is 0 Å². The van der Waals surface area contributed by atoms with E-state index in [1.165, 1.54) is 0 Å². The normalized spacial score (nSPS) is 8.29. The van der Waals surface area contributed by atoms with Crippen LogP contribution in [0.2, 0.25) is 6.32 Å². The molecular formula is C3H5BF2O. The highest BCUT2D eigenvalue weighted by atomic mass is 19.2. The Morgan fingerprint density at radius 1 is 1.57 bits per heavy atom. The Balaban J connectivity index is 2.81. The molecule has 0 atom stereocenters. The molecule has 0 saturated carbocycles. The first-order valence-electron chi connectivity index (χ1n) is 1.99. The summed E-state index contributed by atoms with van der Waals surface area (Å²) < 4.78 is 22.1. The van der Waals surface area contributed by atoms with E-state index in [1.807, 2.05) is 0 Å². The van der Waals surface area contributed by atoms with E-state index in [0.29, 0.717) is 6.29 Å². The molecule has 1 nitrogen and oxygen atoms in total. The summed E-state index contributed by atoms with van der Waals surface area (Å²) in [6, 6.07) is 0. The van der Waals surface area contributed by atoms with Crippen LogP contribution < -0.4 is 0 Å². The second kappa shape index (κ2) is 3.77. The molecule has 0 aromatic heterocycles. The van der Waals surface area contributed by atoms with Crippen LogP contribution in [0.25, 0.3) is 0 Å². The largest absolute Gasteiger partial charge is 0.538 e. The van der Waals surface area contributed by atoms with E-state index in [4.69, 9.17) is 0 Å². The monoisotopic (exact) mass is 106 g/mol. The Morgan fingerprint density at radius 3 is 2.29 bits per heavy atom. The quantitative estimate of drug-likeness (QED) is 0.387. The Hall–Kier alpha value is -0.405. The minimum atomic E-state index is -2.33. The van der Waals surface area contributed by atoms with Crippen LogP contribution in [0.15, 0.2) is 0 Å². The second-order valence-electron chi connectivity index (χ2n) is 1.14. The van der Waals surface area contributed by atoms with Crippen molar-refractivity contribution in [3.05, 3.63) is 0 Å². The van der Waals surface area contributed by atoms with Crippen molar-refractivity contribution in [1.29, 1.82) is 0 Å². The van der Waals surface area contributed by atoms with E-state index in [-0.39, 0.29) is 12.7 Å². The molecule has 0 spiro atoms. The molecule has 0 unspecified atom stereocenters. The summed E-state index contributed by atoms with van der Waals surface area (Å²) >= 11 is 0. The molecule has 0 bridgehead atoms. The van der Waals surface area contributed by atoms with Crippen molar-refractivity contribution in [3.8, 4) is 0 Å². The van der Waals surface area contributed by atoms with Gasteiger partial charge in [0.25, 0.3) is 0 Å². The van der Waals surface area contributed by atoms with Gasteiger partial charge in [-0.05, 0) is 6.32 Å². The van der Waals surface area contributed by atoms with Crippen molar-refractivity contribution in [3.63, 3.8) is 0 Å². The fourth-order valence-electron chi connectivity index (χ4n) is 0.194. The van der Waals surface area contributed by atoms with Gasteiger partial charge in [0.05, 0.1) is 0 Å². The highest BCUT2D eigenvalue weighted by molar-refractivity contribution is 6.42. The van der Waals surface area contributed by atoms with Gasteiger partial charge in [0.15, 0.2) is 0 Å². The zero-order valence-corrected chi connectivity index (χ0v) is 3.73. The van der Waals surface area contributed by atoms with Crippen LogP contribution in [0.4, 0.5) is 8.63 Å². The van der Waals surface area contributed by atoms with Crippen LogP contribution in [0.1, 0.15) is 6.42 Å². The maximum absolute atomic E-state index is 11.1. The average Bonchev–Trinajstić information content (AvgIpc) is 1.61. The third kappa shape index (κ3) is 5.59. The summed E-state index contributed by atoms with van der Waals surface area (Å²) in [6.07, 6.45) is 0.160. The van der Waals surface area contributed by atoms with Crippen molar-refractivity contribution in [2.45, 2.75) is 12.7 Å². The van der Waals surface area contributed by atoms with Crippen LogP contribution in [-0.2, 0) is 4.79 Å². The summed E-state index contributed by atoms with van der Waals surface area (Å²) in [7, 11) is -2.33. The number of hydrogen-bond acceptors (Lipinski definition) is 1.